The first kappa shape index (κ1) is 21.8. The first-order chi connectivity index (χ1) is 15.1. The predicted molar refractivity (Wildman–Crippen MR) is 111 cm³/mol. The van der Waals surface area contributed by atoms with Gasteiger partial charge in [-0.15, -0.1) is 0 Å². The molecule has 1 saturated heterocycles. The van der Waals surface area contributed by atoms with Crippen LogP contribution in [0.3, 0.4) is 0 Å². The van der Waals surface area contributed by atoms with Crippen molar-refractivity contribution in [1.29, 1.82) is 0 Å². The van der Waals surface area contributed by atoms with Crippen LogP contribution in [0, 0.1) is 5.82 Å². The van der Waals surface area contributed by atoms with Crippen molar-refractivity contribution < 1.29 is 22.7 Å². The molecule has 0 unspecified atom stereocenters. The lowest BCUT2D eigenvalue weighted by molar-refractivity contribution is -0.267. The van der Waals surface area contributed by atoms with E-state index >= 15 is 0 Å². The molecule has 1 aromatic carbocycles. The van der Waals surface area contributed by atoms with Crippen LogP contribution >= 0.6 is 0 Å². The summed E-state index contributed by atoms with van der Waals surface area (Å²) in [6, 6.07) is 8.86. The molecule has 32 heavy (non-hydrogen) atoms. The normalized spacial score (nSPS) is 16.2. The zero-order valence-electron chi connectivity index (χ0n) is 16.9. The van der Waals surface area contributed by atoms with Gasteiger partial charge < -0.3 is 20.6 Å². The Morgan fingerprint density at radius 2 is 1.75 bits per heavy atom. The van der Waals surface area contributed by atoms with E-state index in [1.165, 1.54) is 35.6 Å². The van der Waals surface area contributed by atoms with E-state index < -0.39 is 24.9 Å². The maximum atomic E-state index is 13.2. The second kappa shape index (κ2) is 8.23. The van der Waals surface area contributed by atoms with E-state index in [0.717, 1.165) is 5.56 Å². The Hall–Kier alpha value is -3.47. The summed E-state index contributed by atoms with van der Waals surface area (Å²) in [7, 11) is 0. The molecule has 3 heterocycles. The summed E-state index contributed by atoms with van der Waals surface area (Å²) in [5.41, 5.74) is -1.50. The van der Waals surface area contributed by atoms with Crippen LogP contribution in [0.4, 0.5) is 40.7 Å². The third-order valence-corrected chi connectivity index (χ3v) is 5.16. The van der Waals surface area contributed by atoms with Crippen molar-refractivity contribution in [3.8, 4) is 0 Å². The molecule has 1 atom stereocenters. The number of nitrogens with zero attached hydrogens (tertiary/aromatic N) is 4. The number of alkyl halides is 3. The highest BCUT2D eigenvalue weighted by atomic mass is 19.4. The average molecular weight is 448 g/mol. The Bertz CT molecular complexity index is 1070. The smallest absolute Gasteiger partial charge is 0.378 e. The van der Waals surface area contributed by atoms with E-state index in [1.807, 2.05) is 6.92 Å². The van der Waals surface area contributed by atoms with E-state index in [4.69, 9.17) is 0 Å². The second-order valence-corrected chi connectivity index (χ2v) is 7.61. The molecule has 7 nitrogen and oxygen atoms in total. The van der Waals surface area contributed by atoms with Crippen LogP contribution in [0.15, 0.2) is 55.0 Å². The maximum Gasteiger partial charge on any atom is 0.420 e. The minimum atomic E-state index is -4.71. The van der Waals surface area contributed by atoms with Gasteiger partial charge in [-0.25, -0.2) is 14.4 Å². The molecule has 0 aliphatic carbocycles. The molecule has 0 saturated carbocycles. The molecule has 3 N–H and O–H groups in total. The molecule has 3 aromatic rings. The number of nitrogens with one attached hydrogen (secondary N) is 2. The highest BCUT2D eigenvalue weighted by molar-refractivity contribution is 5.66. The molecule has 1 fully saturated rings. The zero-order valence-corrected chi connectivity index (χ0v) is 16.9. The highest BCUT2D eigenvalue weighted by Gasteiger charge is 2.61. The van der Waals surface area contributed by atoms with E-state index in [0.29, 0.717) is 23.1 Å². The lowest BCUT2D eigenvalue weighted by Crippen LogP contribution is -2.69. The first-order valence-corrected chi connectivity index (χ1v) is 9.74. The molecule has 0 spiro atoms. The van der Waals surface area contributed by atoms with Gasteiger partial charge in [0, 0.05) is 36.3 Å². The lowest BCUT2D eigenvalue weighted by Gasteiger charge is -2.48. The first-order valence-electron chi connectivity index (χ1n) is 9.74. The monoisotopic (exact) mass is 448 g/mol. The Balaban J connectivity index is 1.59. The van der Waals surface area contributed by atoms with Gasteiger partial charge in [0.25, 0.3) is 0 Å². The molecule has 2 aromatic heterocycles. The van der Waals surface area contributed by atoms with Gasteiger partial charge in [0.2, 0.25) is 0 Å². The Kier molecular flexibility index (Phi) is 5.59. The number of hydrogen-bond acceptors (Lipinski definition) is 7. The minimum Gasteiger partial charge on any atom is -0.378 e. The summed E-state index contributed by atoms with van der Waals surface area (Å²) in [5.74, 6) is 0.768. The third kappa shape index (κ3) is 4.57. The fraction of sp³-hybridized carbons (Fsp3) is 0.286. The van der Waals surface area contributed by atoms with Crippen LogP contribution in [-0.2, 0) is 0 Å². The van der Waals surface area contributed by atoms with Crippen molar-refractivity contribution in [2.75, 3.05) is 28.6 Å². The number of rotatable bonds is 6. The molecule has 1 aliphatic heterocycles. The van der Waals surface area contributed by atoms with Gasteiger partial charge in [-0.3, -0.25) is 4.98 Å². The quantitative estimate of drug-likeness (QED) is 0.491. The van der Waals surface area contributed by atoms with Gasteiger partial charge in [-0.1, -0.05) is 12.1 Å². The van der Waals surface area contributed by atoms with Gasteiger partial charge >= 0.3 is 6.18 Å². The van der Waals surface area contributed by atoms with E-state index in [2.05, 4.69) is 25.6 Å². The maximum absolute atomic E-state index is 13.2. The molecular formula is C21H20F4N6O. The Labute approximate surface area is 181 Å². The number of benzene rings is 1. The van der Waals surface area contributed by atoms with Gasteiger partial charge in [0.15, 0.2) is 5.60 Å². The van der Waals surface area contributed by atoms with Crippen LogP contribution in [0.25, 0.3) is 0 Å². The van der Waals surface area contributed by atoms with Crippen LogP contribution in [0.1, 0.15) is 18.5 Å². The predicted octanol–water partition coefficient (Wildman–Crippen LogP) is 4.04. The summed E-state index contributed by atoms with van der Waals surface area (Å²) in [5, 5.41) is 16.0. The standard InChI is InChI=1S/C21H20F4N6O/c1-13(14-2-4-15(22)5-3-14)28-17-8-16(31-11-20(32,12-31)21(23,24)25)9-18(29-17)30-19-10-26-6-7-27-19/h2-10,13,32H,11-12H2,1H3,(H2,27,28,29,30)/t13-/m0/s1. The van der Waals surface area contributed by atoms with Gasteiger partial charge in [0.05, 0.1) is 19.3 Å². The summed E-state index contributed by atoms with van der Waals surface area (Å²) < 4.78 is 52.4. The molecular weight excluding hydrogens is 428 g/mol. The second-order valence-electron chi connectivity index (χ2n) is 7.61. The summed E-state index contributed by atoms with van der Waals surface area (Å²) >= 11 is 0. The molecule has 168 valence electrons. The van der Waals surface area contributed by atoms with Crippen molar-refractivity contribution in [3.63, 3.8) is 0 Å². The Morgan fingerprint density at radius 3 is 2.38 bits per heavy atom. The van der Waals surface area contributed by atoms with Gasteiger partial charge in [0.1, 0.15) is 23.3 Å². The van der Waals surface area contributed by atoms with E-state index in [-0.39, 0.29) is 11.9 Å². The number of aromatic nitrogens is 3. The largest absolute Gasteiger partial charge is 0.420 e. The van der Waals surface area contributed by atoms with Crippen molar-refractivity contribution in [2.24, 2.45) is 0 Å². The summed E-state index contributed by atoms with van der Waals surface area (Å²) in [6.45, 7) is 0.680. The van der Waals surface area contributed by atoms with E-state index in [1.54, 1.807) is 24.3 Å². The number of pyridine rings is 1. The van der Waals surface area contributed by atoms with Gasteiger partial charge in [-0.05, 0) is 24.6 Å². The number of β-amino-alcohol motifs (C(OH)–C–C–N with tert-alkyl or cyclic N) is 1. The van der Waals surface area contributed by atoms with Crippen molar-refractivity contribution in [2.45, 2.75) is 24.7 Å². The molecule has 1 aliphatic rings. The third-order valence-electron chi connectivity index (χ3n) is 5.16. The van der Waals surface area contributed by atoms with Gasteiger partial charge in [-0.2, -0.15) is 13.2 Å². The topological polar surface area (TPSA) is 86.2 Å². The van der Waals surface area contributed by atoms with Crippen molar-refractivity contribution >= 4 is 23.1 Å². The van der Waals surface area contributed by atoms with Crippen LogP contribution in [0.5, 0.6) is 0 Å². The number of hydrogen-bond donors (Lipinski definition) is 3. The molecule has 0 amide bonds. The highest BCUT2D eigenvalue weighted by Crippen LogP contribution is 2.41. The molecule has 4 rings (SSSR count). The fourth-order valence-corrected chi connectivity index (χ4v) is 3.34. The fourth-order valence-electron chi connectivity index (χ4n) is 3.34. The van der Waals surface area contributed by atoms with Crippen LogP contribution in [-0.4, -0.2) is 44.9 Å². The number of aliphatic hydroxyl groups is 1. The summed E-state index contributed by atoms with van der Waals surface area (Å²) in [6.07, 6.45) is -0.241. The minimum absolute atomic E-state index is 0.258. The van der Waals surface area contributed by atoms with Crippen molar-refractivity contribution in [3.05, 3.63) is 66.4 Å². The van der Waals surface area contributed by atoms with E-state index in [9.17, 15) is 22.7 Å². The van der Waals surface area contributed by atoms with Crippen molar-refractivity contribution in [1.82, 2.24) is 15.0 Å². The molecule has 0 bridgehead atoms. The number of anilines is 4. The molecule has 11 heteroatoms. The van der Waals surface area contributed by atoms with Crippen LogP contribution < -0.4 is 15.5 Å². The number of halogens is 4. The average Bonchev–Trinajstić information content (AvgIpc) is 2.71. The zero-order chi connectivity index (χ0) is 22.9. The summed E-state index contributed by atoms with van der Waals surface area (Å²) in [4.78, 5) is 13.9. The SMILES string of the molecule is C[C@H](Nc1cc(N2CC(O)(C(F)(F)F)C2)cc(Nc2cnccn2)n1)c1ccc(F)cc1. The Morgan fingerprint density at radius 1 is 1.06 bits per heavy atom. The lowest BCUT2D eigenvalue weighted by atomic mass is 9.93. The molecule has 0 radical (unpaired) electrons. The van der Waals surface area contributed by atoms with Crippen LogP contribution in [0.2, 0.25) is 0 Å².